The number of rotatable bonds is 7. The highest BCUT2D eigenvalue weighted by Gasteiger charge is 2.23. The molecule has 24 heavy (non-hydrogen) atoms. The maximum atomic E-state index is 11.3. The first-order valence-electron chi connectivity index (χ1n) is 7.45. The molecule has 2 aromatic heterocycles. The van der Waals surface area contributed by atoms with Gasteiger partial charge in [-0.05, 0) is 12.1 Å². The highest BCUT2D eigenvalue weighted by atomic mass is 28.3. The topological polar surface area (TPSA) is 107 Å². The second kappa shape index (κ2) is 7.33. The molecule has 9 heteroatoms. The SMILES string of the molecule is C[Si](C)(C)CCOCn1ncc([N+](=O)[O-])c1-c1cncc(C#N)c1. The van der Waals surface area contributed by atoms with Crippen molar-refractivity contribution in [3.8, 4) is 17.3 Å². The Labute approximate surface area is 140 Å². The summed E-state index contributed by atoms with van der Waals surface area (Å²) in [4.78, 5) is 14.7. The van der Waals surface area contributed by atoms with Crippen molar-refractivity contribution in [1.29, 1.82) is 5.26 Å². The van der Waals surface area contributed by atoms with Gasteiger partial charge in [-0.3, -0.25) is 15.1 Å². The van der Waals surface area contributed by atoms with Gasteiger partial charge in [0.05, 0.1) is 10.5 Å². The Morgan fingerprint density at radius 1 is 1.38 bits per heavy atom. The molecule has 126 valence electrons. The third kappa shape index (κ3) is 4.47. The van der Waals surface area contributed by atoms with Crippen LogP contribution < -0.4 is 0 Å². The number of hydrogen-bond acceptors (Lipinski definition) is 6. The van der Waals surface area contributed by atoms with E-state index < -0.39 is 13.0 Å². The van der Waals surface area contributed by atoms with Gasteiger partial charge in [0.1, 0.15) is 19.0 Å². The van der Waals surface area contributed by atoms with Crippen LogP contribution in [0.15, 0.2) is 24.7 Å². The average Bonchev–Trinajstić information content (AvgIpc) is 2.95. The van der Waals surface area contributed by atoms with Gasteiger partial charge in [0, 0.05) is 32.6 Å². The van der Waals surface area contributed by atoms with Gasteiger partial charge in [-0.25, -0.2) is 4.68 Å². The maximum Gasteiger partial charge on any atom is 0.315 e. The molecule has 2 rings (SSSR count). The Morgan fingerprint density at radius 3 is 2.75 bits per heavy atom. The smallest absolute Gasteiger partial charge is 0.315 e. The summed E-state index contributed by atoms with van der Waals surface area (Å²) in [6.45, 7) is 7.45. The number of aromatic nitrogens is 3. The summed E-state index contributed by atoms with van der Waals surface area (Å²) in [5.74, 6) is 0. The van der Waals surface area contributed by atoms with E-state index in [1.807, 2.05) is 6.07 Å². The molecule has 0 aliphatic carbocycles. The molecular weight excluding hydrogens is 326 g/mol. The predicted molar refractivity (Wildman–Crippen MR) is 90.9 cm³/mol. The van der Waals surface area contributed by atoms with Gasteiger partial charge in [-0.2, -0.15) is 10.4 Å². The van der Waals surface area contributed by atoms with E-state index in [2.05, 4.69) is 29.7 Å². The van der Waals surface area contributed by atoms with Gasteiger partial charge >= 0.3 is 5.69 Å². The van der Waals surface area contributed by atoms with Crippen LogP contribution >= 0.6 is 0 Å². The summed E-state index contributed by atoms with van der Waals surface area (Å²) >= 11 is 0. The zero-order valence-electron chi connectivity index (χ0n) is 13.9. The van der Waals surface area contributed by atoms with E-state index in [9.17, 15) is 10.1 Å². The van der Waals surface area contributed by atoms with Crippen molar-refractivity contribution in [2.75, 3.05) is 6.61 Å². The van der Waals surface area contributed by atoms with E-state index in [4.69, 9.17) is 10.00 Å². The Balaban J connectivity index is 2.26. The zero-order chi connectivity index (χ0) is 17.7. The van der Waals surface area contributed by atoms with Crippen molar-refractivity contribution in [3.05, 3.63) is 40.3 Å². The third-order valence-electron chi connectivity index (χ3n) is 3.37. The van der Waals surface area contributed by atoms with Gasteiger partial charge < -0.3 is 4.74 Å². The number of nitro groups is 1. The molecule has 0 aliphatic rings. The van der Waals surface area contributed by atoms with Crippen LogP contribution in [-0.2, 0) is 11.5 Å². The normalized spacial score (nSPS) is 11.2. The summed E-state index contributed by atoms with van der Waals surface area (Å²) in [6.07, 6.45) is 4.07. The lowest BCUT2D eigenvalue weighted by atomic mass is 10.1. The molecule has 0 aromatic carbocycles. The summed E-state index contributed by atoms with van der Waals surface area (Å²) in [7, 11) is -1.21. The quantitative estimate of drug-likeness (QED) is 0.330. The Kier molecular flexibility index (Phi) is 5.43. The fourth-order valence-electron chi connectivity index (χ4n) is 2.06. The summed E-state index contributed by atoms with van der Waals surface area (Å²) in [6, 6.07) is 4.53. The number of nitrogens with zero attached hydrogens (tertiary/aromatic N) is 5. The Hall–Kier alpha value is -2.57. The summed E-state index contributed by atoms with van der Waals surface area (Å²) in [5.41, 5.74) is 0.944. The maximum absolute atomic E-state index is 11.3. The van der Waals surface area contributed by atoms with Gasteiger partial charge in [0.25, 0.3) is 0 Å². The second-order valence-corrected chi connectivity index (χ2v) is 12.2. The average molecular weight is 345 g/mol. The van der Waals surface area contributed by atoms with Gasteiger partial charge in [-0.1, -0.05) is 19.6 Å². The molecule has 2 heterocycles. The molecule has 0 spiro atoms. The molecule has 0 atom stereocenters. The monoisotopic (exact) mass is 345 g/mol. The lowest BCUT2D eigenvalue weighted by molar-refractivity contribution is -0.384. The minimum Gasteiger partial charge on any atom is -0.360 e. The molecule has 0 radical (unpaired) electrons. The van der Waals surface area contributed by atoms with Gasteiger partial charge in [0.2, 0.25) is 0 Å². The van der Waals surface area contributed by atoms with Crippen molar-refractivity contribution in [1.82, 2.24) is 14.8 Å². The van der Waals surface area contributed by atoms with Crippen LogP contribution in [0.1, 0.15) is 5.56 Å². The number of pyridine rings is 1. The highest BCUT2D eigenvalue weighted by molar-refractivity contribution is 6.76. The molecule has 0 N–H and O–H groups in total. The number of ether oxygens (including phenoxy) is 1. The summed E-state index contributed by atoms with van der Waals surface area (Å²) in [5, 5.41) is 24.3. The van der Waals surface area contributed by atoms with Crippen molar-refractivity contribution in [2.45, 2.75) is 32.4 Å². The third-order valence-corrected chi connectivity index (χ3v) is 5.07. The first-order chi connectivity index (χ1) is 11.3. The van der Waals surface area contributed by atoms with E-state index >= 15 is 0 Å². The van der Waals surface area contributed by atoms with Crippen LogP contribution in [-0.4, -0.2) is 34.4 Å². The number of nitriles is 1. The molecule has 0 saturated carbocycles. The van der Waals surface area contributed by atoms with Crippen LogP contribution in [0.25, 0.3) is 11.3 Å². The lowest BCUT2D eigenvalue weighted by Crippen LogP contribution is -2.22. The van der Waals surface area contributed by atoms with Gasteiger partial charge in [-0.15, -0.1) is 0 Å². The number of hydrogen-bond donors (Lipinski definition) is 0. The minimum absolute atomic E-state index is 0.116. The van der Waals surface area contributed by atoms with Crippen molar-refractivity contribution >= 4 is 13.8 Å². The van der Waals surface area contributed by atoms with Crippen LogP contribution in [0.4, 0.5) is 5.69 Å². The minimum atomic E-state index is -1.21. The Bertz CT molecular complexity index is 776. The molecule has 2 aromatic rings. The molecule has 0 amide bonds. The van der Waals surface area contributed by atoms with Crippen molar-refractivity contribution in [2.24, 2.45) is 0 Å². The molecule has 0 fully saturated rings. The first kappa shape index (κ1) is 17.8. The van der Waals surface area contributed by atoms with Crippen LogP contribution in [0, 0.1) is 21.4 Å². The molecule has 8 nitrogen and oxygen atoms in total. The lowest BCUT2D eigenvalue weighted by Gasteiger charge is -2.15. The first-order valence-corrected chi connectivity index (χ1v) is 11.2. The Morgan fingerprint density at radius 2 is 2.12 bits per heavy atom. The molecule has 0 bridgehead atoms. The highest BCUT2D eigenvalue weighted by Crippen LogP contribution is 2.29. The molecule has 0 unspecified atom stereocenters. The molecular formula is C15H19N5O3Si. The van der Waals surface area contributed by atoms with Crippen LogP contribution in [0.2, 0.25) is 25.7 Å². The van der Waals surface area contributed by atoms with E-state index in [-0.39, 0.29) is 18.1 Å². The second-order valence-electron chi connectivity index (χ2n) is 6.56. The standard InChI is InChI=1S/C15H19N5O3Si/c1-24(2,3)5-4-23-11-19-15(14(10-18-19)20(21)22)13-6-12(7-16)8-17-9-13/h6,8-10H,4-5,11H2,1-3H3. The van der Waals surface area contributed by atoms with E-state index in [0.29, 0.717) is 17.7 Å². The van der Waals surface area contributed by atoms with Crippen molar-refractivity contribution in [3.63, 3.8) is 0 Å². The summed E-state index contributed by atoms with van der Waals surface area (Å²) < 4.78 is 7.07. The largest absolute Gasteiger partial charge is 0.360 e. The zero-order valence-corrected chi connectivity index (χ0v) is 14.9. The van der Waals surface area contributed by atoms with Gasteiger partial charge in [0.15, 0.2) is 5.69 Å². The fraction of sp³-hybridized carbons (Fsp3) is 0.400. The van der Waals surface area contributed by atoms with E-state index in [1.54, 1.807) is 6.07 Å². The van der Waals surface area contributed by atoms with Crippen LogP contribution in [0.3, 0.4) is 0 Å². The fourth-order valence-corrected chi connectivity index (χ4v) is 2.82. The predicted octanol–water partition coefficient (Wildman–Crippen LogP) is 3.04. The van der Waals surface area contributed by atoms with E-state index in [0.717, 1.165) is 6.04 Å². The van der Waals surface area contributed by atoms with Crippen molar-refractivity contribution < 1.29 is 9.66 Å². The molecule has 0 aliphatic heterocycles. The molecule has 0 saturated heterocycles. The van der Waals surface area contributed by atoms with Crippen LogP contribution in [0.5, 0.6) is 0 Å². The van der Waals surface area contributed by atoms with E-state index in [1.165, 1.54) is 23.3 Å².